The molecule has 0 radical (unpaired) electrons. The van der Waals surface area contributed by atoms with Crippen LogP contribution < -0.4 is 4.72 Å². The Morgan fingerprint density at radius 2 is 2.06 bits per heavy atom. The molecule has 0 amide bonds. The number of hydrogen-bond donors (Lipinski definition) is 2. The first-order valence-corrected chi connectivity index (χ1v) is 7.05. The van der Waals surface area contributed by atoms with Crippen LogP contribution in [0.3, 0.4) is 0 Å². The Morgan fingerprint density at radius 1 is 1.47 bits per heavy atom. The fraction of sp³-hybridized carbons (Fsp3) is 0.400. The first-order chi connectivity index (χ1) is 7.68. The van der Waals surface area contributed by atoms with Gasteiger partial charge < -0.3 is 5.11 Å². The van der Waals surface area contributed by atoms with E-state index >= 15 is 0 Å². The Kier molecular flexibility index (Phi) is 4.29. The SMILES string of the molecule is CC(C)(CO)NS(=O)(=O)c1ccc(Br)cc1F. The van der Waals surface area contributed by atoms with Gasteiger partial charge in [0.15, 0.2) is 0 Å². The predicted octanol–water partition coefficient (Wildman–Crippen LogP) is 1.64. The van der Waals surface area contributed by atoms with Gasteiger partial charge in [-0.2, -0.15) is 0 Å². The van der Waals surface area contributed by atoms with Gasteiger partial charge in [-0.3, -0.25) is 0 Å². The van der Waals surface area contributed by atoms with E-state index in [1.54, 1.807) is 0 Å². The lowest BCUT2D eigenvalue weighted by Crippen LogP contribution is -2.46. The van der Waals surface area contributed by atoms with Crippen molar-refractivity contribution < 1.29 is 17.9 Å². The summed E-state index contributed by atoms with van der Waals surface area (Å²) in [4.78, 5) is -0.442. The summed E-state index contributed by atoms with van der Waals surface area (Å²) in [7, 11) is -3.98. The molecule has 0 aliphatic carbocycles. The largest absolute Gasteiger partial charge is 0.394 e. The molecule has 7 heteroatoms. The minimum Gasteiger partial charge on any atom is -0.394 e. The summed E-state index contributed by atoms with van der Waals surface area (Å²) in [6.45, 7) is 2.62. The van der Waals surface area contributed by atoms with Crippen molar-refractivity contribution in [3.63, 3.8) is 0 Å². The fourth-order valence-electron chi connectivity index (χ4n) is 1.14. The van der Waals surface area contributed by atoms with Gasteiger partial charge in [-0.1, -0.05) is 15.9 Å². The van der Waals surface area contributed by atoms with Gasteiger partial charge in [-0.15, -0.1) is 0 Å². The van der Waals surface area contributed by atoms with Gasteiger partial charge in [0.2, 0.25) is 10.0 Å². The lowest BCUT2D eigenvalue weighted by molar-refractivity contribution is 0.208. The Labute approximate surface area is 108 Å². The first kappa shape index (κ1) is 14.6. The smallest absolute Gasteiger partial charge is 0.244 e. The van der Waals surface area contributed by atoms with Crippen molar-refractivity contribution in [2.45, 2.75) is 24.3 Å². The minimum atomic E-state index is -3.98. The second kappa shape index (κ2) is 5.01. The van der Waals surface area contributed by atoms with Crippen molar-refractivity contribution in [3.05, 3.63) is 28.5 Å². The van der Waals surface area contributed by atoms with Crippen molar-refractivity contribution in [2.75, 3.05) is 6.61 Å². The number of halogens is 2. The molecule has 1 aromatic carbocycles. The standard InChI is InChI=1S/C10H13BrFNO3S/c1-10(2,6-14)13-17(15,16)9-4-3-7(11)5-8(9)12/h3-5,13-14H,6H2,1-2H3. The summed E-state index contributed by atoms with van der Waals surface area (Å²) >= 11 is 3.04. The summed E-state index contributed by atoms with van der Waals surface area (Å²) in [5, 5.41) is 8.99. The molecule has 1 rings (SSSR count). The Morgan fingerprint density at radius 3 is 2.53 bits per heavy atom. The molecule has 1 aromatic rings. The second-order valence-corrected chi connectivity index (χ2v) is 6.79. The van der Waals surface area contributed by atoms with E-state index in [1.165, 1.54) is 19.9 Å². The molecule has 0 saturated carbocycles. The Balaban J connectivity index is 3.14. The van der Waals surface area contributed by atoms with Gasteiger partial charge in [0.25, 0.3) is 0 Å². The number of sulfonamides is 1. The molecule has 2 N–H and O–H groups in total. The highest BCUT2D eigenvalue weighted by atomic mass is 79.9. The maximum absolute atomic E-state index is 13.5. The molecule has 17 heavy (non-hydrogen) atoms. The quantitative estimate of drug-likeness (QED) is 0.884. The number of nitrogens with one attached hydrogen (secondary N) is 1. The van der Waals surface area contributed by atoms with E-state index in [1.807, 2.05) is 0 Å². The summed E-state index contributed by atoms with van der Waals surface area (Å²) < 4.78 is 39.9. The van der Waals surface area contributed by atoms with Crippen molar-refractivity contribution >= 4 is 26.0 Å². The Hall–Kier alpha value is -0.500. The van der Waals surface area contributed by atoms with Crippen LogP contribution in [0.4, 0.5) is 4.39 Å². The Bertz CT molecular complexity index is 516. The van der Waals surface area contributed by atoms with Crippen LogP contribution in [0.2, 0.25) is 0 Å². The minimum absolute atomic E-state index is 0.385. The lowest BCUT2D eigenvalue weighted by Gasteiger charge is -2.23. The van der Waals surface area contributed by atoms with Crippen molar-refractivity contribution in [1.29, 1.82) is 0 Å². The average molecular weight is 326 g/mol. The van der Waals surface area contributed by atoms with Crippen LogP contribution in [0, 0.1) is 5.82 Å². The fourth-order valence-corrected chi connectivity index (χ4v) is 2.94. The van der Waals surface area contributed by atoms with Gasteiger partial charge >= 0.3 is 0 Å². The number of benzene rings is 1. The van der Waals surface area contributed by atoms with Crippen LogP contribution in [0.25, 0.3) is 0 Å². The van der Waals surface area contributed by atoms with Gasteiger partial charge in [-0.05, 0) is 32.0 Å². The third-order valence-electron chi connectivity index (χ3n) is 1.99. The van der Waals surface area contributed by atoms with Crippen LogP contribution in [-0.4, -0.2) is 25.7 Å². The molecule has 0 spiro atoms. The molecule has 0 atom stereocenters. The molecule has 0 aromatic heterocycles. The van der Waals surface area contributed by atoms with E-state index in [9.17, 15) is 12.8 Å². The molecule has 4 nitrogen and oxygen atoms in total. The summed E-state index contributed by atoms with van der Waals surface area (Å²) in [6.07, 6.45) is 0. The van der Waals surface area contributed by atoms with Crippen LogP contribution in [0.5, 0.6) is 0 Å². The zero-order valence-electron chi connectivity index (χ0n) is 9.37. The second-order valence-electron chi connectivity index (χ2n) is 4.22. The van der Waals surface area contributed by atoms with Crippen molar-refractivity contribution in [1.82, 2.24) is 4.72 Å². The van der Waals surface area contributed by atoms with Crippen LogP contribution in [0.15, 0.2) is 27.6 Å². The van der Waals surface area contributed by atoms with Crippen molar-refractivity contribution in [3.8, 4) is 0 Å². The van der Waals surface area contributed by atoms with Crippen LogP contribution in [0.1, 0.15) is 13.8 Å². The van der Waals surface area contributed by atoms with E-state index in [0.717, 1.165) is 12.1 Å². The normalized spacial score (nSPS) is 12.8. The number of aliphatic hydroxyl groups excluding tert-OH is 1. The highest BCUT2D eigenvalue weighted by Gasteiger charge is 2.27. The molecule has 0 heterocycles. The molecule has 0 aliphatic heterocycles. The summed E-state index contributed by atoms with van der Waals surface area (Å²) in [5.41, 5.74) is -1.04. The molecule has 0 aliphatic rings. The molecular weight excluding hydrogens is 313 g/mol. The molecule has 0 fully saturated rings. The zero-order chi connectivity index (χ0) is 13.3. The topological polar surface area (TPSA) is 66.4 Å². The molecule has 0 bridgehead atoms. The summed E-state index contributed by atoms with van der Waals surface area (Å²) in [5.74, 6) is -0.847. The third-order valence-corrected chi connectivity index (χ3v) is 4.21. The maximum Gasteiger partial charge on any atom is 0.244 e. The third kappa shape index (κ3) is 3.74. The highest BCUT2D eigenvalue weighted by Crippen LogP contribution is 2.20. The van der Waals surface area contributed by atoms with E-state index in [4.69, 9.17) is 5.11 Å². The maximum atomic E-state index is 13.5. The molecule has 0 unspecified atom stereocenters. The average Bonchev–Trinajstić information content (AvgIpc) is 2.15. The number of hydrogen-bond acceptors (Lipinski definition) is 3. The highest BCUT2D eigenvalue weighted by molar-refractivity contribution is 9.10. The number of rotatable bonds is 4. The molecule has 0 saturated heterocycles. The first-order valence-electron chi connectivity index (χ1n) is 4.78. The van der Waals surface area contributed by atoms with Gasteiger partial charge in [0.1, 0.15) is 10.7 Å². The molecule has 96 valence electrons. The van der Waals surface area contributed by atoms with Crippen molar-refractivity contribution in [2.24, 2.45) is 0 Å². The van der Waals surface area contributed by atoms with Crippen LogP contribution >= 0.6 is 15.9 Å². The predicted molar refractivity (Wildman–Crippen MR) is 65.6 cm³/mol. The molecular formula is C10H13BrFNO3S. The van der Waals surface area contributed by atoms with Gasteiger partial charge in [0, 0.05) is 4.47 Å². The monoisotopic (exact) mass is 325 g/mol. The summed E-state index contributed by atoms with van der Waals surface area (Å²) in [6, 6.07) is 3.67. The van der Waals surface area contributed by atoms with E-state index < -0.39 is 26.3 Å². The lowest BCUT2D eigenvalue weighted by atomic mass is 10.1. The zero-order valence-corrected chi connectivity index (χ0v) is 11.8. The van der Waals surface area contributed by atoms with E-state index in [0.29, 0.717) is 4.47 Å². The van der Waals surface area contributed by atoms with Crippen LogP contribution in [-0.2, 0) is 10.0 Å². The van der Waals surface area contributed by atoms with E-state index in [-0.39, 0.29) is 6.61 Å². The van der Waals surface area contributed by atoms with E-state index in [2.05, 4.69) is 20.7 Å². The van der Waals surface area contributed by atoms with Gasteiger partial charge in [0.05, 0.1) is 12.1 Å². The number of aliphatic hydroxyl groups is 1. The van der Waals surface area contributed by atoms with Gasteiger partial charge in [-0.25, -0.2) is 17.5 Å².